The van der Waals surface area contributed by atoms with Crippen LogP contribution in [0.15, 0.2) is 0 Å². The van der Waals surface area contributed by atoms with Crippen molar-refractivity contribution in [1.82, 2.24) is 15.3 Å². The molecule has 1 aliphatic carbocycles. The lowest BCUT2D eigenvalue weighted by atomic mass is 9.95. The molecule has 0 amide bonds. The molecule has 0 aliphatic heterocycles. The highest BCUT2D eigenvalue weighted by molar-refractivity contribution is 5.27. The Kier molecular flexibility index (Phi) is 3.88. The van der Waals surface area contributed by atoms with Gasteiger partial charge in [0, 0.05) is 25.8 Å². The predicted octanol–water partition coefficient (Wildman–Crippen LogP) is 2.06. The number of aryl methyl sites for hydroxylation is 2. The third-order valence-corrected chi connectivity index (χ3v) is 3.21. The van der Waals surface area contributed by atoms with Gasteiger partial charge in [-0.2, -0.15) is 0 Å². The van der Waals surface area contributed by atoms with E-state index < -0.39 is 0 Å². The lowest BCUT2D eigenvalue weighted by Gasteiger charge is -2.17. The molecule has 0 saturated carbocycles. The Hall–Kier alpha value is -0.960. The molecule has 1 aromatic heterocycles. The van der Waals surface area contributed by atoms with Gasteiger partial charge in [-0.25, -0.2) is 9.97 Å². The van der Waals surface area contributed by atoms with Crippen LogP contribution in [0, 0.1) is 6.92 Å². The van der Waals surface area contributed by atoms with E-state index in [0.717, 1.165) is 31.8 Å². The van der Waals surface area contributed by atoms with Crippen molar-refractivity contribution >= 4 is 0 Å². The Labute approximate surface area is 99.2 Å². The van der Waals surface area contributed by atoms with Crippen molar-refractivity contribution in [2.75, 3.05) is 13.1 Å². The van der Waals surface area contributed by atoms with Gasteiger partial charge in [-0.05, 0) is 44.7 Å². The Morgan fingerprint density at radius 3 is 2.88 bits per heavy atom. The Morgan fingerprint density at radius 2 is 2.06 bits per heavy atom. The molecule has 0 spiro atoms. The number of nitrogens with one attached hydrogen (secondary N) is 1. The molecule has 0 radical (unpaired) electrons. The van der Waals surface area contributed by atoms with E-state index in [-0.39, 0.29) is 1.43 Å². The molecule has 0 fully saturated rings. The lowest BCUT2D eigenvalue weighted by Crippen LogP contribution is -2.19. The topological polar surface area (TPSA) is 37.8 Å². The fourth-order valence-corrected chi connectivity index (χ4v) is 2.33. The maximum Gasteiger partial charge on any atom is 0.130 e. The Morgan fingerprint density at radius 1 is 1.25 bits per heavy atom. The van der Waals surface area contributed by atoms with Crippen LogP contribution in [0.1, 0.15) is 44.0 Å². The smallest absolute Gasteiger partial charge is 0.130 e. The minimum atomic E-state index is 0. The van der Waals surface area contributed by atoms with Crippen LogP contribution in [0.3, 0.4) is 0 Å². The highest BCUT2D eigenvalue weighted by Crippen LogP contribution is 2.21. The quantitative estimate of drug-likeness (QED) is 0.791. The van der Waals surface area contributed by atoms with Crippen molar-refractivity contribution in [2.45, 2.75) is 46.0 Å². The minimum Gasteiger partial charge on any atom is -0.317 e. The zero-order valence-electron chi connectivity index (χ0n) is 10.3. The number of hydrogen-bond acceptors (Lipinski definition) is 3. The summed E-state index contributed by atoms with van der Waals surface area (Å²) >= 11 is 0. The normalized spacial score (nSPS) is 14.9. The highest BCUT2D eigenvalue weighted by atomic mass is 14.9. The fourth-order valence-electron chi connectivity index (χ4n) is 2.33. The molecule has 0 bridgehead atoms. The second-order valence-electron chi connectivity index (χ2n) is 4.46. The van der Waals surface area contributed by atoms with Gasteiger partial charge in [0.1, 0.15) is 5.82 Å². The zero-order valence-corrected chi connectivity index (χ0v) is 10.3. The summed E-state index contributed by atoms with van der Waals surface area (Å²) in [7, 11) is 0. The zero-order chi connectivity index (χ0) is 11.4. The summed E-state index contributed by atoms with van der Waals surface area (Å²) < 4.78 is 0. The number of hydrogen-bond donors (Lipinski definition) is 1. The van der Waals surface area contributed by atoms with E-state index >= 15 is 0 Å². The first-order chi connectivity index (χ1) is 7.81. The molecular weight excluding hydrogens is 198 g/mol. The summed E-state index contributed by atoms with van der Waals surface area (Å²) in [5.74, 6) is 1.01. The third-order valence-electron chi connectivity index (χ3n) is 3.21. The van der Waals surface area contributed by atoms with Crippen LogP contribution in [0.25, 0.3) is 0 Å². The van der Waals surface area contributed by atoms with Crippen LogP contribution in [-0.4, -0.2) is 23.1 Å². The molecule has 2 rings (SSSR count). The van der Waals surface area contributed by atoms with Crippen molar-refractivity contribution in [2.24, 2.45) is 0 Å². The van der Waals surface area contributed by atoms with Gasteiger partial charge in [0.05, 0.1) is 0 Å². The van der Waals surface area contributed by atoms with Crippen molar-refractivity contribution in [3.63, 3.8) is 0 Å². The predicted molar refractivity (Wildman–Crippen MR) is 67.8 cm³/mol. The molecule has 0 saturated heterocycles. The number of fused-ring (bicyclic) bond motifs is 1. The SMILES string of the molecule is CCNCCc1nc(C)c2c(n1)CCCC2.[HH]. The Bertz CT molecular complexity index is 366. The highest BCUT2D eigenvalue weighted by Gasteiger charge is 2.14. The number of aromatic nitrogens is 2. The molecule has 0 atom stereocenters. The molecule has 1 N–H and O–H groups in total. The molecule has 0 unspecified atom stereocenters. The molecule has 90 valence electrons. The second kappa shape index (κ2) is 5.39. The molecular formula is C13H23N3. The van der Waals surface area contributed by atoms with E-state index in [1.807, 2.05) is 0 Å². The van der Waals surface area contributed by atoms with Crippen LogP contribution in [0.4, 0.5) is 0 Å². The second-order valence-corrected chi connectivity index (χ2v) is 4.46. The van der Waals surface area contributed by atoms with Crippen molar-refractivity contribution in [3.05, 3.63) is 22.8 Å². The first-order valence-electron chi connectivity index (χ1n) is 6.37. The van der Waals surface area contributed by atoms with Gasteiger partial charge in [0.2, 0.25) is 0 Å². The van der Waals surface area contributed by atoms with E-state index in [2.05, 4.69) is 24.1 Å². The number of likely N-dealkylation sites (N-methyl/N-ethyl adjacent to an activating group) is 1. The standard InChI is InChI=1S/C13H21N3.H2/c1-3-14-9-8-13-15-10(2)11-6-4-5-7-12(11)16-13;/h14H,3-9H2,1-2H3;1H. The van der Waals surface area contributed by atoms with E-state index in [1.54, 1.807) is 0 Å². The maximum atomic E-state index is 4.69. The fraction of sp³-hybridized carbons (Fsp3) is 0.692. The van der Waals surface area contributed by atoms with Gasteiger partial charge in [-0.15, -0.1) is 0 Å². The average Bonchev–Trinajstić information content (AvgIpc) is 2.30. The van der Waals surface area contributed by atoms with Crippen LogP contribution in [0.2, 0.25) is 0 Å². The van der Waals surface area contributed by atoms with Crippen molar-refractivity contribution in [3.8, 4) is 0 Å². The first kappa shape index (κ1) is 11.5. The van der Waals surface area contributed by atoms with Crippen LogP contribution in [-0.2, 0) is 19.3 Å². The van der Waals surface area contributed by atoms with Gasteiger partial charge >= 0.3 is 0 Å². The summed E-state index contributed by atoms with van der Waals surface area (Å²) in [6.45, 7) is 6.25. The van der Waals surface area contributed by atoms with Crippen LogP contribution < -0.4 is 5.32 Å². The summed E-state index contributed by atoms with van der Waals surface area (Å²) in [5, 5.41) is 3.32. The third kappa shape index (κ3) is 2.59. The summed E-state index contributed by atoms with van der Waals surface area (Å²) in [4.78, 5) is 9.30. The van der Waals surface area contributed by atoms with E-state index in [1.165, 1.54) is 36.2 Å². The van der Waals surface area contributed by atoms with Gasteiger partial charge in [0.15, 0.2) is 0 Å². The van der Waals surface area contributed by atoms with Crippen LogP contribution >= 0.6 is 0 Å². The van der Waals surface area contributed by atoms with E-state index in [9.17, 15) is 0 Å². The molecule has 1 heterocycles. The summed E-state index contributed by atoms with van der Waals surface area (Å²) in [6, 6.07) is 0. The van der Waals surface area contributed by atoms with Gasteiger partial charge in [-0.3, -0.25) is 0 Å². The number of rotatable bonds is 4. The van der Waals surface area contributed by atoms with Crippen LogP contribution in [0.5, 0.6) is 0 Å². The minimum absolute atomic E-state index is 0. The average molecular weight is 221 g/mol. The molecule has 16 heavy (non-hydrogen) atoms. The van der Waals surface area contributed by atoms with Gasteiger partial charge in [0.25, 0.3) is 0 Å². The monoisotopic (exact) mass is 221 g/mol. The van der Waals surface area contributed by atoms with Crippen molar-refractivity contribution < 1.29 is 1.43 Å². The molecule has 3 heteroatoms. The molecule has 0 aromatic carbocycles. The van der Waals surface area contributed by atoms with Gasteiger partial charge < -0.3 is 5.32 Å². The largest absolute Gasteiger partial charge is 0.317 e. The maximum absolute atomic E-state index is 4.69. The molecule has 1 aliphatic rings. The summed E-state index contributed by atoms with van der Waals surface area (Å²) in [5.41, 5.74) is 3.93. The van der Waals surface area contributed by atoms with E-state index in [0.29, 0.717) is 0 Å². The molecule has 3 nitrogen and oxygen atoms in total. The lowest BCUT2D eigenvalue weighted by molar-refractivity contribution is 0.636. The Balaban J connectivity index is 0.00000144. The first-order valence-corrected chi connectivity index (χ1v) is 6.37. The molecule has 1 aromatic rings. The van der Waals surface area contributed by atoms with E-state index in [4.69, 9.17) is 4.98 Å². The van der Waals surface area contributed by atoms with Gasteiger partial charge in [-0.1, -0.05) is 6.92 Å². The summed E-state index contributed by atoms with van der Waals surface area (Å²) in [6.07, 6.45) is 5.85. The number of nitrogens with zero attached hydrogens (tertiary/aromatic N) is 2. The van der Waals surface area contributed by atoms with Crippen molar-refractivity contribution in [1.29, 1.82) is 0 Å².